The largest absolute Gasteiger partial charge is 0.414 e. The molecule has 4 nitrogen and oxygen atoms in total. The molecule has 0 bridgehead atoms. The monoisotopic (exact) mass is 330 g/mol. The van der Waals surface area contributed by atoms with E-state index in [2.05, 4.69) is 10.6 Å². The normalized spacial score (nSPS) is 12.9. The lowest BCUT2D eigenvalue weighted by Crippen LogP contribution is -2.35. The van der Waals surface area contributed by atoms with Crippen LogP contribution >= 0.6 is 23.2 Å². The fourth-order valence-electron chi connectivity index (χ4n) is 1.24. The number of hydrogen-bond acceptors (Lipinski definition) is 2. The topological polar surface area (TPSA) is 61.4 Å². The summed E-state index contributed by atoms with van der Waals surface area (Å²) in [6.45, 7) is -0.336. The molecule has 0 aliphatic rings. The number of aliphatic hydroxyl groups is 1. The molecular formula is C11H11Cl2F3N2O2. The second kappa shape index (κ2) is 7.01. The van der Waals surface area contributed by atoms with Crippen molar-refractivity contribution in [1.29, 1.82) is 0 Å². The molecule has 2 amide bonds. The first kappa shape index (κ1) is 16.9. The molecule has 1 aromatic rings. The van der Waals surface area contributed by atoms with E-state index in [1.54, 1.807) is 0 Å². The smallest absolute Gasteiger partial charge is 0.384 e. The Labute approximate surface area is 122 Å². The molecule has 0 fully saturated rings. The molecule has 0 radical (unpaired) electrons. The average Bonchev–Trinajstić information content (AvgIpc) is 2.31. The fraction of sp³-hybridized carbons (Fsp3) is 0.364. The van der Waals surface area contributed by atoms with Crippen LogP contribution in [0.2, 0.25) is 10.0 Å². The minimum absolute atomic E-state index is 0.197. The lowest BCUT2D eigenvalue weighted by Gasteiger charge is -2.15. The van der Waals surface area contributed by atoms with Crippen LogP contribution in [0.1, 0.15) is 6.42 Å². The van der Waals surface area contributed by atoms with Gasteiger partial charge >= 0.3 is 12.2 Å². The van der Waals surface area contributed by atoms with Gasteiger partial charge in [0.1, 0.15) is 0 Å². The van der Waals surface area contributed by atoms with Crippen LogP contribution in [-0.2, 0) is 0 Å². The van der Waals surface area contributed by atoms with E-state index in [4.69, 9.17) is 28.3 Å². The van der Waals surface area contributed by atoms with Crippen LogP contribution < -0.4 is 10.6 Å². The van der Waals surface area contributed by atoms with E-state index in [1.807, 2.05) is 0 Å². The first-order chi connectivity index (χ1) is 9.20. The second-order valence-electron chi connectivity index (χ2n) is 3.85. The van der Waals surface area contributed by atoms with Gasteiger partial charge in [0.2, 0.25) is 0 Å². The number of urea groups is 1. The third kappa shape index (κ3) is 5.44. The van der Waals surface area contributed by atoms with Gasteiger partial charge in [0, 0.05) is 11.6 Å². The number of rotatable bonds is 4. The van der Waals surface area contributed by atoms with Gasteiger partial charge in [0.05, 0.1) is 10.7 Å². The Morgan fingerprint density at radius 2 is 2.00 bits per heavy atom. The highest BCUT2D eigenvalue weighted by Gasteiger charge is 2.37. The maximum atomic E-state index is 12.0. The molecule has 0 saturated heterocycles. The minimum Gasteiger partial charge on any atom is -0.384 e. The number of halogens is 5. The van der Waals surface area contributed by atoms with Gasteiger partial charge in [-0.2, -0.15) is 13.2 Å². The van der Waals surface area contributed by atoms with Crippen molar-refractivity contribution >= 4 is 34.9 Å². The average molecular weight is 331 g/mol. The van der Waals surface area contributed by atoms with E-state index in [9.17, 15) is 18.0 Å². The lowest BCUT2D eigenvalue weighted by molar-refractivity contribution is -0.204. The van der Waals surface area contributed by atoms with E-state index >= 15 is 0 Å². The molecule has 0 spiro atoms. The first-order valence-electron chi connectivity index (χ1n) is 5.45. The molecule has 1 rings (SSSR count). The maximum absolute atomic E-state index is 12.0. The maximum Gasteiger partial charge on any atom is 0.414 e. The van der Waals surface area contributed by atoms with Crippen molar-refractivity contribution in [3.8, 4) is 0 Å². The summed E-state index contributed by atoms with van der Waals surface area (Å²) < 4.78 is 36.0. The summed E-state index contributed by atoms with van der Waals surface area (Å²) in [5.74, 6) is 0. The summed E-state index contributed by atoms with van der Waals surface area (Å²) in [7, 11) is 0. The highest BCUT2D eigenvalue weighted by Crippen LogP contribution is 2.25. The zero-order valence-electron chi connectivity index (χ0n) is 9.97. The molecule has 0 heterocycles. The number of carbonyl (C=O) groups is 1. The van der Waals surface area contributed by atoms with E-state index in [1.165, 1.54) is 18.2 Å². The van der Waals surface area contributed by atoms with Crippen LogP contribution in [0.25, 0.3) is 0 Å². The molecule has 0 aliphatic carbocycles. The number of alkyl halides is 3. The molecule has 3 N–H and O–H groups in total. The van der Waals surface area contributed by atoms with E-state index in [-0.39, 0.29) is 17.3 Å². The van der Waals surface area contributed by atoms with Gasteiger partial charge in [0.15, 0.2) is 6.10 Å². The molecule has 0 aliphatic heterocycles. The Morgan fingerprint density at radius 3 is 2.55 bits per heavy atom. The van der Waals surface area contributed by atoms with Crippen LogP contribution in [0.3, 0.4) is 0 Å². The SMILES string of the molecule is O=C(NCC[C@H](O)C(F)(F)F)Nc1ccc(Cl)cc1Cl. The van der Waals surface area contributed by atoms with Crippen LogP contribution in [0.15, 0.2) is 18.2 Å². The zero-order chi connectivity index (χ0) is 15.3. The minimum atomic E-state index is -4.70. The molecule has 1 aromatic carbocycles. The van der Waals surface area contributed by atoms with Crippen molar-refractivity contribution < 1.29 is 23.1 Å². The molecule has 112 valence electrons. The number of carbonyl (C=O) groups excluding carboxylic acids is 1. The molecule has 1 atom stereocenters. The third-order valence-corrected chi connectivity index (χ3v) is 2.81. The van der Waals surface area contributed by atoms with Gasteiger partial charge in [0.25, 0.3) is 0 Å². The summed E-state index contributed by atoms with van der Waals surface area (Å²) >= 11 is 11.5. The van der Waals surface area contributed by atoms with Crippen LogP contribution in [0, 0.1) is 0 Å². The molecule has 9 heteroatoms. The van der Waals surface area contributed by atoms with Crippen LogP contribution in [0.5, 0.6) is 0 Å². The van der Waals surface area contributed by atoms with Crippen molar-refractivity contribution in [2.75, 3.05) is 11.9 Å². The number of anilines is 1. The Kier molecular flexibility index (Phi) is 5.91. The van der Waals surface area contributed by atoms with Gasteiger partial charge in [-0.3, -0.25) is 0 Å². The van der Waals surface area contributed by atoms with Crippen LogP contribution in [0.4, 0.5) is 23.7 Å². The van der Waals surface area contributed by atoms with Gasteiger partial charge in [-0.05, 0) is 24.6 Å². The van der Waals surface area contributed by atoms with Gasteiger partial charge < -0.3 is 15.7 Å². The van der Waals surface area contributed by atoms with Crippen molar-refractivity contribution in [1.82, 2.24) is 5.32 Å². The quantitative estimate of drug-likeness (QED) is 0.792. The standard InChI is InChI=1S/C11H11Cl2F3N2O2/c12-6-1-2-8(7(13)5-6)18-10(20)17-4-3-9(19)11(14,15)16/h1-2,5,9,19H,3-4H2,(H2,17,18,20)/t9-/m0/s1. The second-order valence-corrected chi connectivity index (χ2v) is 4.69. The lowest BCUT2D eigenvalue weighted by atomic mass is 10.2. The van der Waals surface area contributed by atoms with Crippen LogP contribution in [-0.4, -0.2) is 30.0 Å². The van der Waals surface area contributed by atoms with E-state index < -0.39 is 24.7 Å². The molecular weight excluding hydrogens is 320 g/mol. The summed E-state index contributed by atoms with van der Waals surface area (Å²) in [5.41, 5.74) is 0.268. The summed E-state index contributed by atoms with van der Waals surface area (Å²) in [5, 5.41) is 13.8. The fourth-order valence-corrected chi connectivity index (χ4v) is 1.70. The van der Waals surface area contributed by atoms with E-state index in [0.29, 0.717) is 5.02 Å². The molecule has 0 saturated carbocycles. The van der Waals surface area contributed by atoms with Crippen molar-refractivity contribution in [2.24, 2.45) is 0 Å². The molecule has 20 heavy (non-hydrogen) atoms. The number of amides is 2. The predicted molar refractivity (Wildman–Crippen MR) is 70.2 cm³/mol. The van der Waals surface area contributed by atoms with Crippen molar-refractivity contribution in [3.63, 3.8) is 0 Å². The Hall–Kier alpha value is -1.18. The summed E-state index contributed by atoms with van der Waals surface area (Å²) in [6, 6.07) is 3.63. The Balaban J connectivity index is 2.41. The summed E-state index contributed by atoms with van der Waals surface area (Å²) in [6.07, 6.45) is -7.80. The Morgan fingerprint density at radius 1 is 1.35 bits per heavy atom. The number of benzene rings is 1. The van der Waals surface area contributed by atoms with Gasteiger partial charge in [-0.1, -0.05) is 23.2 Å². The zero-order valence-corrected chi connectivity index (χ0v) is 11.5. The predicted octanol–water partition coefficient (Wildman–Crippen LogP) is 3.43. The van der Waals surface area contributed by atoms with Gasteiger partial charge in [-0.25, -0.2) is 4.79 Å². The number of nitrogens with one attached hydrogen (secondary N) is 2. The first-order valence-corrected chi connectivity index (χ1v) is 6.20. The highest BCUT2D eigenvalue weighted by molar-refractivity contribution is 6.36. The number of aliphatic hydroxyl groups excluding tert-OH is 1. The Bertz CT molecular complexity index is 483. The van der Waals surface area contributed by atoms with E-state index in [0.717, 1.165) is 0 Å². The molecule has 0 unspecified atom stereocenters. The van der Waals surface area contributed by atoms with Crippen molar-refractivity contribution in [3.05, 3.63) is 28.2 Å². The summed E-state index contributed by atoms with van der Waals surface area (Å²) in [4.78, 5) is 11.4. The number of hydrogen-bond donors (Lipinski definition) is 3. The van der Waals surface area contributed by atoms with Crippen molar-refractivity contribution in [2.45, 2.75) is 18.7 Å². The molecule has 0 aromatic heterocycles. The third-order valence-electron chi connectivity index (χ3n) is 2.26. The van der Waals surface area contributed by atoms with Gasteiger partial charge in [-0.15, -0.1) is 0 Å². The highest BCUT2D eigenvalue weighted by atomic mass is 35.5.